The van der Waals surface area contributed by atoms with E-state index >= 15 is 0 Å². The lowest BCUT2D eigenvalue weighted by Gasteiger charge is -2.12. The maximum absolute atomic E-state index is 5.42. The highest BCUT2D eigenvalue weighted by Gasteiger charge is 2.24. The van der Waals surface area contributed by atoms with Crippen molar-refractivity contribution in [1.29, 1.82) is 0 Å². The molecule has 3 nitrogen and oxygen atoms in total. The van der Waals surface area contributed by atoms with Gasteiger partial charge in [0.15, 0.2) is 0 Å². The van der Waals surface area contributed by atoms with E-state index in [4.69, 9.17) is 9.47 Å². The molecule has 0 saturated carbocycles. The number of anilines is 1. The third kappa shape index (κ3) is 2.12. The summed E-state index contributed by atoms with van der Waals surface area (Å²) in [7, 11) is 3.40. The van der Waals surface area contributed by atoms with Gasteiger partial charge in [0.25, 0.3) is 0 Å². The zero-order valence-corrected chi connectivity index (χ0v) is 11.1. The van der Waals surface area contributed by atoms with Gasteiger partial charge in [-0.2, -0.15) is 0 Å². The predicted molar refractivity (Wildman–Crippen MR) is 76.1 cm³/mol. The van der Waals surface area contributed by atoms with Crippen molar-refractivity contribution in [3.8, 4) is 11.5 Å². The molecule has 0 saturated heterocycles. The highest BCUT2D eigenvalue weighted by Crippen LogP contribution is 2.39. The molecular weight excluding hydrogens is 238 g/mol. The first-order chi connectivity index (χ1) is 9.31. The number of ether oxygens (including phenoxy) is 2. The van der Waals surface area contributed by atoms with Crippen LogP contribution in [0.2, 0.25) is 0 Å². The summed E-state index contributed by atoms with van der Waals surface area (Å²) in [6, 6.07) is 14.6. The van der Waals surface area contributed by atoms with Crippen LogP contribution in [-0.2, 0) is 6.42 Å². The van der Waals surface area contributed by atoms with Crippen molar-refractivity contribution in [3.63, 3.8) is 0 Å². The Balaban J connectivity index is 1.86. The normalized spacial score (nSPS) is 16.6. The molecule has 1 N–H and O–H groups in total. The number of fused-ring (bicyclic) bond motifs is 1. The van der Waals surface area contributed by atoms with Gasteiger partial charge in [-0.1, -0.05) is 18.2 Å². The summed E-state index contributed by atoms with van der Waals surface area (Å²) in [6.45, 7) is 0. The number of methoxy groups -OCH3 is 2. The molecule has 0 fully saturated rings. The second kappa shape index (κ2) is 4.84. The molecular formula is C16H17NO2. The standard InChI is InChI=1S/C16H17NO2/c1-18-12-8-6-11(7-9-12)15-10-13-14(17-15)4-3-5-16(13)19-2/h3-9,15,17H,10H2,1-2H3. The van der Waals surface area contributed by atoms with Gasteiger partial charge in [0.1, 0.15) is 11.5 Å². The van der Waals surface area contributed by atoms with E-state index < -0.39 is 0 Å². The molecule has 3 heteroatoms. The molecule has 0 aliphatic carbocycles. The maximum Gasteiger partial charge on any atom is 0.124 e. The number of nitrogens with one attached hydrogen (secondary N) is 1. The first-order valence-corrected chi connectivity index (χ1v) is 6.38. The minimum Gasteiger partial charge on any atom is -0.497 e. The average molecular weight is 255 g/mol. The summed E-state index contributed by atoms with van der Waals surface area (Å²) < 4.78 is 10.6. The topological polar surface area (TPSA) is 30.5 Å². The van der Waals surface area contributed by atoms with E-state index in [1.807, 2.05) is 24.3 Å². The number of rotatable bonds is 3. The van der Waals surface area contributed by atoms with Crippen molar-refractivity contribution < 1.29 is 9.47 Å². The first kappa shape index (κ1) is 11.9. The van der Waals surface area contributed by atoms with E-state index in [2.05, 4.69) is 23.5 Å². The Kier molecular flexibility index (Phi) is 3.03. The van der Waals surface area contributed by atoms with Crippen molar-refractivity contribution in [1.82, 2.24) is 0 Å². The Hall–Kier alpha value is -2.16. The first-order valence-electron chi connectivity index (χ1n) is 6.38. The van der Waals surface area contributed by atoms with Crippen LogP contribution >= 0.6 is 0 Å². The second-order valence-corrected chi connectivity index (χ2v) is 4.66. The van der Waals surface area contributed by atoms with E-state index in [-0.39, 0.29) is 0 Å². The van der Waals surface area contributed by atoms with Gasteiger partial charge in [0.05, 0.1) is 20.3 Å². The van der Waals surface area contributed by atoms with Crippen molar-refractivity contribution in [3.05, 3.63) is 53.6 Å². The predicted octanol–water partition coefficient (Wildman–Crippen LogP) is 3.41. The lowest BCUT2D eigenvalue weighted by molar-refractivity contribution is 0.410. The van der Waals surface area contributed by atoms with Crippen LogP contribution in [0.4, 0.5) is 5.69 Å². The monoisotopic (exact) mass is 255 g/mol. The van der Waals surface area contributed by atoms with E-state index in [1.165, 1.54) is 16.8 Å². The Morgan fingerprint density at radius 1 is 1.00 bits per heavy atom. The fraction of sp³-hybridized carbons (Fsp3) is 0.250. The van der Waals surface area contributed by atoms with Gasteiger partial charge in [-0.25, -0.2) is 0 Å². The van der Waals surface area contributed by atoms with Gasteiger partial charge in [-0.15, -0.1) is 0 Å². The largest absolute Gasteiger partial charge is 0.497 e. The third-order valence-corrected chi connectivity index (χ3v) is 3.61. The molecule has 2 aromatic carbocycles. The van der Waals surface area contributed by atoms with Crippen LogP contribution in [-0.4, -0.2) is 14.2 Å². The summed E-state index contributed by atoms with van der Waals surface area (Å²) >= 11 is 0. The van der Waals surface area contributed by atoms with Gasteiger partial charge >= 0.3 is 0 Å². The average Bonchev–Trinajstić information content (AvgIpc) is 2.91. The number of hydrogen-bond acceptors (Lipinski definition) is 3. The second-order valence-electron chi connectivity index (χ2n) is 4.66. The molecule has 98 valence electrons. The minimum absolute atomic E-state index is 0.303. The molecule has 1 aliphatic rings. The molecule has 0 spiro atoms. The van der Waals surface area contributed by atoms with Gasteiger partial charge in [0, 0.05) is 17.7 Å². The zero-order chi connectivity index (χ0) is 13.2. The maximum atomic E-state index is 5.42. The molecule has 0 amide bonds. The van der Waals surface area contributed by atoms with Crippen LogP contribution in [0.1, 0.15) is 17.2 Å². The lowest BCUT2D eigenvalue weighted by atomic mass is 10.0. The lowest BCUT2D eigenvalue weighted by Crippen LogP contribution is -2.05. The van der Waals surface area contributed by atoms with Crippen LogP contribution in [0.5, 0.6) is 11.5 Å². The Morgan fingerprint density at radius 3 is 2.47 bits per heavy atom. The quantitative estimate of drug-likeness (QED) is 0.911. The minimum atomic E-state index is 0.303. The Morgan fingerprint density at radius 2 is 1.79 bits per heavy atom. The fourth-order valence-corrected chi connectivity index (χ4v) is 2.58. The van der Waals surface area contributed by atoms with Gasteiger partial charge < -0.3 is 14.8 Å². The number of benzene rings is 2. The zero-order valence-electron chi connectivity index (χ0n) is 11.1. The van der Waals surface area contributed by atoms with E-state index in [0.717, 1.165) is 17.9 Å². The van der Waals surface area contributed by atoms with Crippen molar-refractivity contribution in [2.24, 2.45) is 0 Å². The SMILES string of the molecule is COc1ccc(C2Cc3c(cccc3OC)N2)cc1. The Bertz CT molecular complexity index is 578. The molecule has 3 rings (SSSR count). The summed E-state index contributed by atoms with van der Waals surface area (Å²) in [6.07, 6.45) is 0.950. The molecule has 0 aromatic heterocycles. The molecule has 19 heavy (non-hydrogen) atoms. The van der Waals surface area contributed by atoms with Crippen molar-refractivity contribution in [2.75, 3.05) is 19.5 Å². The van der Waals surface area contributed by atoms with Crippen LogP contribution < -0.4 is 14.8 Å². The Labute approximate surface area is 113 Å². The van der Waals surface area contributed by atoms with Crippen molar-refractivity contribution in [2.45, 2.75) is 12.5 Å². The highest BCUT2D eigenvalue weighted by atomic mass is 16.5. The highest BCUT2D eigenvalue weighted by molar-refractivity contribution is 5.63. The summed E-state index contributed by atoms with van der Waals surface area (Å²) in [5.41, 5.74) is 3.69. The van der Waals surface area contributed by atoms with Crippen LogP contribution in [0.25, 0.3) is 0 Å². The van der Waals surface area contributed by atoms with Gasteiger partial charge in [-0.3, -0.25) is 0 Å². The fourth-order valence-electron chi connectivity index (χ4n) is 2.58. The van der Waals surface area contributed by atoms with Gasteiger partial charge in [-0.05, 0) is 29.8 Å². The molecule has 1 aliphatic heterocycles. The number of hydrogen-bond donors (Lipinski definition) is 1. The summed E-state index contributed by atoms with van der Waals surface area (Å²) in [5, 5.41) is 3.54. The van der Waals surface area contributed by atoms with E-state index in [9.17, 15) is 0 Å². The molecule has 1 unspecified atom stereocenters. The van der Waals surface area contributed by atoms with E-state index in [1.54, 1.807) is 14.2 Å². The molecule has 1 atom stereocenters. The smallest absolute Gasteiger partial charge is 0.124 e. The molecule has 0 bridgehead atoms. The summed E-state index contributed by atoms with van der Waals surface area (Å²) in [4.78, 5) is 0. The van der Waals surface area contributed by atoms with E-state index in [0.29, 0.717) is 6.04 Å². The molecule has 2 aromatic rings. The van der Waals surface area contributed by atoms with Gasteiger partial charge in [0.2, 0.25) is 0 Å². The van der Waals surface area contributed by atoms with Crippen LogP contribution in [0.3, 0.4) is 0 Å². The molecule has 1 heterocycles. The molecule has 0 radical (unpaired) electrons. The summed E-state index contributed by atoms with van der Waals surface area (Å²) in [5.74, 6) is 1.85. The van der Waals surface area contributed by atoms with Crippen LogP contribution in [0.15, 0.2) is 42.5 Å². The third-order valence-electron chi connectivity index (χ3n) is 3.61. The van der Waals surface area contributed by atoms with Crippen LogP contribution in [0, 0.1) is 0 Å². The van der Waals surface area contributed by atoms with Crippen molar-refractivity contribution >= 4 is 5.69 Å².